The zero-order valence-corrected chi connectivity index (χ0v) is 16.4. The van der Waals surface area contributed by atoms with Crippen LogP contribution >= 0.6 is 0 Å². The summed E-state index contributed by atoms with van der Waals surface area (Å²) in [5, 5.41) is 11.3. The van der Waals surface area contributed by atoms with Crippen molar-refractivity contribution in [3.63, 3.8) is 0 Å². The van der Waals surface area contributed by atoms with Crippen LogP contribution in [0.1, 0.15) is 68.8 Å². The molecule has 1 rings (SSSR count). The molecule has 0 aliphatic heterocycles. The monoisotopic (exact) mass is 335 g/mol. The maximum absolute atomic E-state index is 4.47. The quantitative estimate of drug-likeness (QED) is 0.370. The molecule has 0 atom stereocenters. The average molecular weight is 336 g/mol. The Kier molecular flexibility index (Phi) is 10.2. The largest absolute Gasteiger partial charge is 0.356 e. The van der Waals surface area contributed by atoms with Gasteiger partial charge in [-0.25, -0.2) is 0 Å². The van der Waals surface area contributed by atoms with Crippen LogP contribution in [0, 0.1) is 13.8 Å². The van der Waals surface area contributed by atoms with Gasteiger partial charge in [0.1, 0.15) is 0 Å². The Morgan fingerprint density at radius 2 is 1.62 bits per heavy atom. The highest BCUT2D eigenvalue weighted by Gasteiger charge is 2.08. The van der Waals surface area contributed by atoms with E-state index in [1.807, 2.05) is 18.8 Å². The van der Waals surface area contributed by atoms with Gasteiger partial charge in [0.25, 0.3) is 0 Å². The highest BCUT2D eigenvalue weighted by atomic mass is 15.3. The van der Waals surface area contributed by atoms with Crippen LogP contribution in [0.2, 0.25) is 0 Å². The van der Waals surface area contributed by atoms with Crippen molar-refractivity contribution in [2.75, 3.05) is 20.1 Å². The van der Waals surface area contributed by atoms with Gasteiger partial charge in [-0.2, -0.15) is 5.10 Å². The summed E-state index contributed by atoms with van der Waals surface area (Å²) in [4.78, 5) is 4.30. The summed E-state index contributed by atoms with van der Waals surface area (Å²) in [6.07, 6.45) is 10.3. The van der Waals surface area contributed by atoms with E-state index >= 15 is 0 Å². The van der Waals surface area contributed by atoms with E-state index in [0.29, 0.717) is 0 Å². The molecule has 0 fully saturated rings. The number of hydrogen-bond acceptors (Lipinski definition) is 2. The number of aromatic nitrogens is 2. The molecule has 0 spiro atoms. The van der Waals surface area contributed by atoms with Crippen LogP contribution in [-0.2, 0) is 13.5 Å². The van der Waals surface area contributed by atoms with E-state index in [0.717, 1.165) is 31.2 Å². The molecule has 0 unspecified atom stereocenters. The molecule has 5 heteroatoms. The van der Waals surface area contributed by atoms with Crippen molar-refractivity contribution in [2.24, 2.45) is 12.0 Å². The summed E-state index contributed by atoms with van der Waals surface area (Å²) in [6.45, 7) is 8.35. The second-order valence-corrected chi connectivity index (χ2v) is 6.57. The van der Waals surface area contributed by atoms with Crippen molar-refractivity contribution in [3.05, 3.63) is 17.0 Å². The van der Waals surface area contributed by atoms with Gasteiger partial charge in [-0.15, -0.1) is 0 Å². The zero-order chi connectivity index (χ0) is 17.8. The molecule has 1 aromatic heterocycles. The third kappa shape index (κ3) is 7.37. The zero-order valence-electron chi connectivity index (χ0n) is 16.4. The maximum Gasteiger partial charge on any atom is 0.190 e. The van der Waals surface area contributed by atoms with Crippen molar-refractivity contribution in [3.8, 4) is 0 Å². The summed E-state index contributed by atoms with van der Waals surface area (Å²) in [5.74, 6) is 0.903. The van der Waals surface area contributed by atoms with Gasteiger partial charge in [-0.3, -0.25) is 9.67 Å². The second-order valence-electron chi connectivity index (χ2n) is 6.57. The van der Waals surface area contributed by atoms with E-state index in [1.54, 1.807) is 0 Å². The predicted octanol–water partition coefficient (Wildman–Crippen LogP) is 3.50. The first-order valence-corrected chi connectivity index (χ1v) is 9.53. The number of aryl methyl sites for hydroxylation is 2. The molecule has 0 aliphatic rings. The van der Waals surface area contributed by atoms with Crippen LogP contribution in [0.5, 0.6) is 0 Å². The Morgan fingerprint density at radius 3 is 2.21 bits per heavy atom. The number of nitrogens with one attached hydrogen (secondary N) is 2. The number of aliphatic imine (C=N–C) groups is 1. The van der Waals surface area contributed by atoms with E-state index in [4.69, 9.17) is 0 Å². The third-order valence-electron chi connectivity index (χ3n) is 4.62. The number of guanidine groups is 1. The lowest BCUT2D eigenvalue weighted by Crippen LogP contribution is -2.38. The van der Waals surface area contributed by atoms with Crippen LogP contribution in [0.25, 0.3) is 0 Å². The minimum Gasteiger partial charge on any atom is -0.356 e. The Balaban J connectivity index is 2.15. The summed E-state index contributed by atoms with van der Waals surface area (Å²) in [7, 11) is 3.84. The number of hydrogen-bond donors (Lipinski definition) is 2. The van der Waals surface area contributed by atoms with Crippen molar-refractivity contribution in [1.29, 1.82) is 0 Å². The fourth-order valence-electron chi connectivity index (χ4n) is 2.99. The fraction of sp³-hybridized carbons (Fsp3) is 0.789. The van der Waals surface area contributed by atoms with Crippen LogP contribution in [0.15, 0.2) is 4.99 Å². The van der Waals surface area contributed by atoms with Gasteiger partial charge in [-0.1, -0.05) is 45.4 Å². The van der Waals surface area contributed by atoms with Gasteiger partial charge < -0.3 is 10.6 Å². The second kappa shape index (κ2) is 11.9. The molecule has 2 N–H and O–H groups in total. The first-order valence-electron chi connectivity index (χ1n) is 9.53. The molecule has 0 radical (unpaired) electrons. The van der Waals surface area contributed by atoms with Crippen LogP contribution in [0.4, 0.5) is 0 Å². The van der Waals surface area contributed by atoms with Crippen molar-refractivity contribution < 1.29 is 0 Å². The highest BCUT2D eigenvalue weighted by molar-refractivity contribution is 5.79. The van der Waals surface area contributed by atoms with Crippen LogP contribution < -0.4 is 10.6 Å². The predicted molar refractivity (Wildman–Crippen MR) is 104 cm³/mol. The number of rotatable bonds is 11. The molecule has 0 saturated carbocycles. The van der Waals surface area contributed by atoms with Gasteiger partial charge in [-0.05, 0) is 32.3 Å². The van der Waals surface area contributed by atoms with E-state index in [1.165, 1.54) is 56.2 Å². The smallest absolute Gasteiger partial charge is 0.190 e. The lowest BCUT2D eigenvalue weighted by molar-refractivity contribution is 0.583. The number of unbranched alkanes of at least 4 members (excludes halogenated alkanes) is 6. The highest BCUT2D eigenvalue weighted by Crippen LogP contribution is 2.11. The number of nitrogens with zero attached hydrogens (tertiary/aromatic N) is 3. The molecular formula is C19H37N5. The van der Waals surface area contributed by atoms with Crippen molar-refractivity contribution in [2.45, 2.75) is 72.1 Å². The summed E-state index contributed by atoms with van der Waals surface area (Å²) in [6, 6.07) is 0. The summed E-state index contributed by atoms with van der Waals surface area (Å²) < 4.78 is 1.96. The van der Waals surface area contributed by atoms with Crippen molar-refractivity contribution in [1.82, 2.24) is 20.4 Å². The lowest BCUT2D eigenvalue weighted by atomic mass is 10.1. The minimum absolute atomic E-state index is 0.879. The molecule has 0 bridgehead atoms. The van der Waals surface area contributed by atoms with Gasteiger partial charge in [0.15, 0.2) is 5.96 Å². The van der Waals surface area contributed by atoms with Gasteiger partial charge in [0.05, 0.1) is 5.69 Å². The Bertz CT molecular complexity index is 490. The van der Waals surface area contributed by atoms with Gasteiger partial charge >= 0.3 is 0 Å². The molecule has 24 heavy (non-hydrogen) atoms. The maximum atomic E-state index is 4.47. The normalized spacial score (nSPS) is 11.8. The fourth-order valence-corrected chi connectivity index (χ4v) is 2.99. The molecule has 1 aromatic rings. The third-order valence-corrected chi connectivity index (χ3v) is 4.62. The molecule has 0 aromatic carbocycles. The Morgan fingerprint density at radius 1 is 1.00 bits per heavy atom. The molecular weight excluding hydrogens is 298 g/mol. The Hall–Kier alpha value is -1.52. The average Bonchev–Trinajstić information content (AvgIpc) is 2.81. The summed E-state index contributed by atoms with van der Waals surface area (Å²) >= 11 is 0. The SMILES string of the molecule is CCCCCCCCCNC(=NC)NCCc1c(C)nn(C)c1C. The first-order chi connectivity index (χ1) is 11.6. The van der Waals surface area contributed by atoms with Crippen molar-refractivity contribution >= 4 is 5.96 Å². The van der Waals surface area contributed by atoms with Gasteiger partial charge in [0.2, 0.25) is 0 Å². The Labute approximate surface area is 148 Å². The van der Waals surface area contributed by atoms with E-state index in [-0.39, 0.29) is 0 Å². The first kappa shape index (κ1) is 20.5. The topological polar surface area (TPSA) is 54.2 Å². The van der Waals surface area contributed by atoms with Gasteiger partial charge in [0, 0.05) is 32.9 Å². The molecule has 138 valence electrons. The van der Waals surface area contributed by atoms with E-state index in [9.17, 15) is 0 Å². The minimum atomic E-state index is 0.879. The summed E-state index contributed by atoms with van der Waals surface area (Å²) in [5.41, 5.74) is 3.72. The van der Waals surface area contributed by atoms with Crippen LogP contribution in [-0.4, -0.2) is 35.9 Å². The lowest BCUT2D eigenvalue weighted by Gasteiger charge is -2.12. The molecule has 5 nitrogen and oxygen atoms in total. The molecule has 1 heterocycles. The standard InChI is InChI=1S/C19H37N5/c1-6-7-8-9-10-11-12-14-21-19(20-4)22-15-13-18-16(2)23-24(5)17(18)3/h6-15H2,1-5H3,(H2,20,21,22). The molecule has 0 saturated heterocycles. The molecule has 0 aliphatic carbocycles. The van der Waals surface area contributed by atoms with E-state index in [2.05, 4.69) is 41.5 Å². The van der Waals surface area contributed by atoms with Crippen LogP contribution in [0.3, 0.4) is 0 Å². The molecule has 0 amide bonds. The van der Waals surface area contributed by atoms with E-state index < -0.39 is 0 Å².